The molecule has 6 atom stereocenters. The number of aliphatic hydroxyl groups is 4. The number of carbonyl (C=O) groups excluding carboxylic acids is 1. The van der Waals surface area contributed by atoms with Crippen LogP contribution < -0.4 is 10.1 Å². The molecule has 0 unspecified atom stereocenters. The highest BCUT2D eigenvalue weighted by Gasteiger charge is 2.57. The van der Waals surface area contributed by atoms with Crippen LogP contribution in [0, 0.1) is 0 Å². The standard InChI is InChI=1S/C36H50N2O9S/c1-3-4-5-6-7-8-9-10-11-12-15-24-18-19-29(25(20-24)34-38-26-16-13-14-17-30(26)48-34)46-36(35(44)45)21-27(41)31(37-23(2)40)33(47-36)32(43)28(42)22-39/h13-14,16-20,27-28,31-33,39,41-43H,3-12,15,21-22H2,1-2H3,(H,37,40)(H,44,45)/t27-,28+,31+,32+,33+,36+/m0/s1. The number of rotatable bonds is 19. The first-order valence-electron chi connectivity index (χ1n) is 17.1. The number of nitrogens with zero attached hydrogens (tertiary/aromatic N) is 1. The fourth-order valence-corrected chi connectivity index (χ4v) is 7.19. The molecular formula is C36H50N2O9S. The van der Waals surface area contributed by atoms with Gasteiger partial charge in [0.25, 0.3) is 0 Å². The molecule has 0 aliphatic carbocycles. The maximum Gasteiger partial charge on any atom is 0.377 e. The smallest absolute Gasteiger partial charge is 0.377 e. The van der Waals surface area contributed by atoms with E-state index in [9.17, 15) is 35.1 Å². The molecule has 48 heavy (non-hydrogen) atoms. The number of carboxylic acids is 1. The Bertz CT molecular complexity index is 1450. The number of aliphatic hydroxyl groups excluding tert-OH is 4. The first-order valence-corrected chi connectivity index (χ1v) is 17.9. The molecular weight excluding hydrogens is 636 g/mol. The molecule has 1 aliphatic rings. The lowest BCUT2D eigenvalue weighted by Gasteiger charge is -2.46. The number of benzene rings is 2. The fraction of sp³-hybridized carbons (Fsp3) is 0.583. The minimum absolute atomic E-state index is 0.143. The summed E-state index contributed by atoms with van der Waals surface area (Å²) in [4.78, 5) is 29.6. The molecule has 0 bridgehead atoms. The van der Waals surface area contributed by atoms with Crippen molar-refractivity contribution in [3.8, 4) is 16.3 Å². The molecule has 1 saturated heterocycles. The van der Waals surface area contributed by atoms with Crippen LogP contribution in [0.15, 0.2) is 42.5 Å². The zero-order chi connectivity index (χ0) is 34.7. The number of carbonyl (C=O) groups is 2. The van der Waals surface area contributed by atoms with Gasteiger partial charge in [0.15, 0.2) is 0 Å². The van der Waals surface area contributed by atoms with E-state index in [2.05, 4.69) is 12.2 Å². The lowest BCUT2D eigenvalue weighted by atomic mass is 9.88. The monoisotopic (exact) mass is 686 g/mol. The van der Waals surface area contributed by atoms with Crippen LogP contribution in [0.2, 0.25) is 0 Å². The minimum Gasteiger partial charge on any atom is -0.476 e. The summed E-state index contributed by atoms with van der Waals surface area (Å²) in [5.74, 6) is -4.52. The molecule has 3 aromatic rings. The van der Waals surface area contributed by atoms with E-state index in [0.717, 1.165) is 35.0 Å². The minimum atomic E-state index is -2.52. The average Bonchev–Trinajstić information content (AvgIpc) is 3.50. The summed E-state index contributed by atoms with van der Waals surface area (Å²) in [6, 6.07) is 11.8. The topological polar surface area (TPSA) is 179 Å². The number of hydrogen-bond donors (Lipinski definition) is 6. The predicted octanol–water partition coefficient (Wildman–Crippen LogP) is 4.96. The molecule has 6 N–H and O–H groups in total. The molecule has 12 heteroatoms. The molecule has 1 amide bonds. The van der Waals surface area contributed by atoms with E-state index in [1.807, 2.05) is 36.4 Å². The van der Waals surface area contributed by atoms with E-state index in [1.54, 1.807) is 6.07 Å². The van der Waals surface area contributed by atoms with Gasteiger partial charge in [-0.2, -0.15) is 0 Å². The number of amides is 1. The third-order valence-corrected chi connectivity index (χ3v) is 9.92. The molecule has 1 aliphatic heterocycles. The van der Waals surface area contributed by atoms with Gasteiger partial charge in [0.1, 0.15) is 29.1 Å². The van der Waals surface area contributed by atoms with Gasteiger partial charge in [-0.1, -0.05) is 82.9 Å². The van der Waals surface area contributed by atoms with Gasteiger partial charge in [0.2, 0.25) is 5.91 Å². The summed E-state index contributed by atoms with van der Waals surface area (Å²) in [6.45, 7) is 2.55. The molecule has 4 rings (SSSR count). The lowest BCUT2D eigenvalue weighted by molar-refractivity contribution is -0.284. The molecule has 1 fully saturated rings. The third kappa shape index (κ3) is 9.73. The van der Waals surface area contributed by atoms with Gasteiger partial charge in [-0.3, -0.25) is 4.79 Å². The summed E-state index contributed by atoms with van der Waals surface area (Å²) >= 11 is 1.43. The van der Waals surface area contributed by atoms with Crippen LogP contribution in [-0.4, -0.2) is 85.2 Å². The van der Waals surface area contributed by atoms with Crippen molar-refractivity contribution in [1.29, 1.82) is 0 Å². The summed E-state index contributed by atoms with van der Waals surface area (Å²) in [7, 11) is 0. The SMILES string of the molecule is CCCCCCCCCCCCc1ccc(O[C@]2(C(=O)O)C[C@H](O)[C@@H](NC(C)=O)[C@H]([C@H](O)[C@H](O)CO)O2)c(-c2nc3ccccc3s2)c1. The van der Waals surface area contributed by atoms with Crippen molar-refractivity contribution in [3.63, 3.8) is 0 Å². The summed E-state index contributed by atoms with van der Waals surface area (Å²) < 4.78 is 13.0. The van der Waals surface area contributed by atoms with E-state index < -0.39 is 61.1 Å². The van der Waals surface area contributed by atoms with Crippen LogP contribution in [0.3, 0.4) is 0 Å². The van der Waals surface area contributed by atoms with E-state index in [4.69, 9.17) is 14.5 Å². The molecule has 0 saturated carbocycles. The number of unbranched alkanes of at least 4 members (excludes halogenated alkanes) is 9. The van der Waals surface area contributed by atoms with Crippen molar-refractivity contribution in [3.05, 3.63) is 48.0 Å². The Balaban J connectivity index is 1.58. The highest BCUT2D eigenvalue weighted by molar-refractivity contribution is 7.21. The van der Waals surface area contributed by atoms with Crippen molar-refractivity contribution in [2.75, 3.05) is 6.61 Å². The van der Waals surface area contributed by atoms with Gasteiger partial charge < -0.3 is 40.3 Å². The second kappa shape index (κ2) is 18.0. The Labute approximate surface area is 285 Å². The number of para-hydroxylation sites is 1. The first kappa shape index (κ1) is 37.7. The van der Waals surface area contributed by atoms with Gasteiger partial charge >= 0.3 is 11.8 Å². The fourth-order valence-electron chi connectivity index (χ4n) is 6.20. The normalized spacial score (nSPS) is 22.3. The van der Waals surface area contributed by atoms with Crippen LogP contribution >= 0.6 is 11.3 Å². The molecule has 2 heterocycles. The van der Waals surface area contributed by atoms with Gasteiger partial charge in [0, 0.05) is 6.92 Å². The number of fused-ring (bicyclic) bond motifs is 1. The number of carboxylic acid groups (broad SMARTS) is 1. The van der Waals surface area contributed by atoms with Crippen molar-refractivity contribution in [2.45, 2.75) is 127 Å². The van der Waals surface area contributed by atoms with Crippen molar-refractivity contribution < 1.29 is 44.6 Å². The Morgan fingerprint density at radius 2 is 1.71 bits per heavy atom. The number of hydrogen-bond acceptors (Lipinski definition) is 10. The maximum absolute atomic E-state index is 12.9. The maximum atomic E-state index is 12.9. The second-order valence-corrected chi connectivity index (χ2v) is 13.8. The Hall–Kier alpha value is -3.13. The lowest BCUT2D eigenvalue weighted by Crippen LogP contribution is -2.68. The highest BCUT2D eigenvalue weighted by atomic mass is 32.1. The van der Waals surface area contributed by atoms with E-state index in [0.29, 0.717) is 10.6 Å². The summed E-state index contributed by atoms with van der Waals surface area (Å²) in [5.41, 5.74) is 2.37. The predicted molar refractivity (Wildman–Crippen MR) is 184 cm³/mol. The van der Waals surface area contributed by atoms with Gasteiger partial charge in [-0.25, -0.2) is 9.78 Å². The highest BCUT2D eigenvalue weighted by Crippen LogP contribution is 2.41. The molecule has 264 valence electrons. The zero-order valence-electron chi connectivity index (χ0n) is 27.8. The van der Waals surface area contributed by atoms with Crippen LogP contribution in [0.4, 0.5) is 0 Å². The second-order valence-electron chi connectivity index (χ2n) is 12.7. The number of aromatic nitrogens is 1. The van der Waals surface area contributed by atoms with Crippen LogP contribution in [0.25, 0.3) is 20.8 Å². The number of nitrogens with one attached hydrogen (secondary N) is 1. The number of ether oxygens (including phenoxy) is 2. The number of aliphatic carboxylic acids is 1. The molecule has 11 nitrogen and oxygen atoms in total. The molecule has 0 spiro atoms. The molecule has 2 aromatic carbocycles. The molecule has 1 aromatic heterocycles. The van der Waals surface area contributed by atoms with Gasteiger partial charge in [0.05, 0.1) is 41.0 Å². The quantitative estimate of drug-likeness (QED) is 0.0945. The molecule has 0 radical (unpaired) electrons. The Morgan fingerprint density at radius 1 is 1.04 bits per heavy atom. The van der Waals surface area contributed by atoms with Crippen LogP contribution in [0.1, 0.15) is 90.0 Å². The van der Waals surface area contributed by atoms with Crippen molar-refractivity contribution >= 4 is 33.4 Å². The zero-order valence-corrected chi connectivity index (χ0v) is 28.7. The average molecular weight is 687 g/mol. The van der Waals surface area contributed by atoms with Gasteiger partial charge in [-0.15, -0.1) is 11.3 Å². The summed E-state index contributed by atoms with van der Waals surface area (Å²) in [5, 5.41) is 55.1. The number of aryl methyl sites for hydroxylation is 1. The Kier molecular flexibility index (Phi) is 14.2. The van der Waals surface area contributed by atoms with Crippen molar-refractivity contribution in [2.24, 2.45) is 0 Å². The van der Waals surface area contributed by atoms with E-state index in [1.165, 1.54) is 69.6 Å². The van der Waals surface area contributed by atoms with Crippen LogP contribution in [-0.2, 0) is 20.7 Å². The Morgan fingerprint density at radius 3 is 2.33 bits per heavy atom. The van der Waals surface area contributed by atoms with E-state index in [-0.39, 0.29) is 5.75 Å². The summed E-state index contributed by atoms with van der Waals surface area (Å²) in [6.07, 6.45) is 5.69. The van der Waals surface area contributed by atoms with Crippen LogP contribution in [0.5, 0.6) is 5.75 Å². The third-order valence-electron chi connectivity index (χ3n) is 8.85. The van der Waals surface area contributed by atoms with E-state index >= 15 is 0 Å². The van der Waals surface area contributed by atoms with Gasteiger partial charge in [-0.05, 0) is 42.7 Å². The number of thiazole rings is 1. The first-order chi connectivity index (χ1) is 23.1. The van der Waals surface area contributed by atoms with Crippen molar-refractivity contribution in [1.82, 2.24) is 10.3 Å². The largest absolute Gasteiger partial charge is 0.476 e.